The summed E-state index contributed by atoms with van der Waals surface area (Å²) in [6.45, 7) is 0.943. The molecule has 2 heterocycles. The molecule has 2 nitrogen and oxygen atoms in total. The predicted octanol–water partition coefficient (Wildman–Crippen LogP) is 2.40. The summed E-state index contributed by atoms with van der Waals surface area (Å²) in [7, 11) is 0. The number of hydrogen-bond donors (Lipinski definition) is 0. The lowest BCUT2D eigenvalue weighted by molar-refractivity contribution is 0.0749. The molecule has 1 atom stereocenters. The van der Waals surface area contributed by atoms with Gasteiger partial charge in [0, 0.05) is 23.2 Å². The summed E-state index contributed by atoms with van der Waals surface area (Å²) in [4.78, 5) is 15.4. The summed E-state index contributed by atoms with van der Waals surface area (Å²) < 4.78 is 0. The number of carbonyl (C=O) groups excluding carboxylic acids is 1. The molecule has 15 heavy (non-hydrogen) atoms. The summed E-state index contributed by atoms with van der Waals surface area (Å²) in [5.41, 5.74) is 0.895. The van der Waals surface area contributed by atoms with Crippen molar-refractivity contribution in [3.05, 3.63) is 29.8 Å². The average Bonchev–Trinajstić information content (AvgIpc) is 2.69. The van der Waals surface area contributed by atoms with Crippen LogP contribution in [0, 0.1) is 0 Å². The molecule has 0 saturated carbocycles. The van der Waals surface area contributed by atoms with Crippen molar-refractivity contribution in [1.82, 2.24) is 4.90 Å². The van der Waals surface area contributed by atoms with Gasteiger partial charge in [-0.2, -0.15) is 0 Å². The van der Waals surface area contributed by atoms with E-state index in [-0.39, 0.29) is 5.91 Å². The predicted molar refractivity (Wildman–Crippen MR) is 61.2 cm³/mol. The zero-order valence-corrected chi connectivity index (χ0v) is 9.30. The van der Waals surface area contributed by atoms with Crippen LogP contribution in [0.3, 0.4) is 0 Å². The van der Waals surface area contributed by atoms with Gasteiger partial charge in [0.05, 0.1) is 5.56 Å². The van der Waals surface area contributed by atoms with Gasteiger partial charge < -0.3 is 4.90 Å². The van der Waals surface area contributed by atoms with Crippen LogP contribution in [-0.4, -0.2) is 29.1 Å². The van der Waals surface area contributed by atoms with Gasteiger partial charge in [-0.1, -0.05) is 12.1 Å². The molecule has 0 radical (unpaired) electrons. The summed E-state index contributed by atoms with van der Waals surface area (Å²) >= 11 is 1.83. The zero-order valence-electron chi connectivity index (χ0n) is 8.48. The van der Waals surface area contributed by atoms with Crippen molar-refractivity contribution in [3.63, 3.8) is 0 Å². The van der Waals surface area contributed by atoms with Crippen LogP contribution >= 0.6 is 11.8 Å². The zero-order chi connectivity index (χ0) is 10.3. The smallest absolute Gasteiger partial charge is 0.255 e. The fraction of sp³-hybridized carbons (Fsp3) is 0.417. The van der Waals surface area contributed by atoms with Crippen molar-refractivity contribution in [2.45, 2.75) is 23.8 Å². The highest BCUT2D eigenvalue weighted by Crippen LogP contribution is 2.33. The van der Waals surface area contributed by atoms with Crippen molar-refractivity contribution in [2.75, 3.05) is 12.3 Å². The minimum Gasteiger partial charge on any atom is -0.335 e. The Hall–Kier alpha value is -0.960. The summed E-state index contributed by atoms with van der Waals surface area (Å²) in [5.74, 6) is 1.29. The quantitative estimate of drug-likeness (QED) is 0.668. The maximum atomic E-state index is 12.2. The minimum absolute atomic E-state index is 0.234. The van der Waals surface area contributed by atoms with Crippen molar-refractivity contribution in [3.8, 4) is 0 Å². The van der Waals surface area contributed by atoms with Crippen LogP contribution in [0.15, 0.2) is 29.2 Å². The molecular formula is C12H13NOS. The maximum absolute atomic E-state index is 12.2. The number of fused-ring (bicyclic) bond motifs is 2. The molecule has 0 spiro atoms. The van der Waals surface area contributed by atoms with Gasteiger partial charge >= 0.3 is 0 Å². The molecule has 1 aromatic carbocycles. The SMILES string of the molecule is O=C1c2ccccc2SCC2CCCN12. The molecule has 2 aliphatic rings. The van der Waals surface area contributed by atoms with Crippen molar-refractivity contribution < 1.29 is 4.79 Å². The van der Waals surface area contributed by atoms with Gasteiger partial charge in [-0.25, -0.2) is 0 Å². The first-order valence-electron chi connectivity index (χ1n) is 5.39. The summed E-state index contributed by atoms with van der Waals surface area (Å²) in [6, 6.07) is 8.43. The van der Waals surface area contributed by atoms with Gasteiger partial charge in [0.1, 0.15) is 0 Å². The first-order valence-corrected chi connectivity index (χ1v) is 6.37. The van der Waals surface area contributed by atoms with E-state index in [1.165, 1.54) is 12.8 Å². The topological polar surface area (TPSA) is 20.3 Å². The molecule has 1 amide bonds. The number of rotatable bonds is 0. The monoisotopic (exact) mass is 219 g/mol. The number of thioether (sulfide) groups is 1. The van der Waals surface area contributed by atoms with E-state index in [9.17, 15) is 4.79 Å². The highest BCUT2D eigenvalue weighted by Gasteiger charge is 2.33. The third-order valence-electron chi connectivity index (χ3n) is 3.19. The summed E-state index contributed by atoms with van der Waals surface area (Å²) in [5, 5.41) is 0. The van der Waals surface area contributed by atoms with Gasteiger partial charge in [0.25, 0.3) is 5.91 Å². The fourth-order valence-corrected chi connectivity index (χ4v) is 3.59. The molecule has 0 N–H and O–H groups in total. The molecule has 0 aliphatic carbocycles. The van der Waals surface area contributed by atoms with Crippen LogP contribution in [0.2, 0.25) is 0 Å². The molecule has 3 heteroatoms. The number of amides is 1. The lowest BCUT2D eigenvalue weighted by atomic mass is 10.2. The molecule has 0 bridgehead atoms. The first-order chi connectivity index (χ1) is 7.36. The van der Waals surface area contributed by atoms with Crippen LogP contribution in [0.5, 0.6) is 0 Å². The largest absolute Gasteiger partial charge is 0.335 e. The van der Waals surface area contributed by atoms with Crippen molar-refractivity contribution >= 4 is 17.7 Å². The van der Waals surface area contributed by atoms with E-state index < -0.39 is 0 Å². The van der Waals surface area contributed by atoms with Gasteiger partial charge in [0.15, 0.2) is 0 Å². The molecular weight excluding hydrogens is 206 g/mol. The van der Waals surface area contributed by atoms with Crippen LogP contribution < -0.4 is 0 Å². The highest BCUT2D eigenvalue weighted by molar-refractivity contribution is 7.99. The van der Waals surface area contributed by atoms with Gasteiger partial charge in [-0.15, -0.1) is 11.8 Å². The van der Waals surface area contributed by atoms with Crippen LogP contribution in [0.25, 0.3) is 0 Å². The molecule has 78 valence electrons. The highest BCUT2D eigenvalue weighted by atomic mass is 32.2. The van der Waals surface area contributed by atoms with Gasteiger partial charge in [-0.3, -0.25) is 4.79 Å². The lowest BCUT2D eigenvalue weighted by Crippen LogP contribution is -2.35. The Labute approximate surface area is 93.7 Å². The molecule has 1 unspecified atom stereocenters. The molecule has 1 aromatic rings. The third kappa shape index (κ3) is 1.46. The van der Waals surface area contributed by atoms with E-state index in [0.29, 0.717) is 6.04 Å². The lowest BCUT2D eigenvalue weighted by Gasteiger charge is -2.21. The maximum Gasteiger partial charge on any atom is 0.255 e. The Balaban J connectivity index is 2.04. The Morgan fingerprint density at radius 1 is 1.33 bits per heavy atom. The van der Waals surface area contributed by atoms with Crippen molar-refractivity contribution in [1.29, 1.82) is 0 Å². The van der Waals surface area contributed by atoms with Crippen molar-refractivity contribution in [2.24, 2.45) is 0 Å². The second kappa shape index (κ2) is 3.56. The molecule has 0 aromatic heterocycles. The number of benzene rings is 1. The standard InChI is InChI=1S/C12H13NOS/c14-12-10-5-1-2-6-11(10)15-8-9-4-3-7-13(9)12/h1-2,5-6,9H,3-4,7-8H2. The Morgan fingerprint density at radius 2 is 2.20 bits per heavy atom. The van der Waals surface area contributed by atoms with E-state index in [4.69, 9.17) is 0 Å². The fourth-order valence-electron chi connectivity index (χ4n) is 2.39. The number of carbonyl (C=O) groups is 1. The normalized spacial score (nSPS) is 24.7. The molecule has 2 aliphatic heterocycles. The summed E-state index contributed by atoms with van der Waals surface area (Å²) in [6.07, 6.45) is 2.34. The Kier molecular flexibility index (Phi) is 2.20. The van der Waals surface area contributed by atoms with Crippen LogP contribution in [0.1, 0.15) is 23.2 Å². The molecule has 1 saturated heterocycles. The van der Waals surface area contributed by atoms with E-state index in [1.807, 2.05) is 30.0 Å². The van der Waals surface area contributed by atoms with Gasteiger partial charge in [0.2, 0.25) is 0 Å². The Bertz CT molecular complexity index is 404. The molecule has 1 fully saturated rings. The van der Waals surface area contributed by atoms with Gasteiger partial charge in [-0.05, 0) is 25.0 Å². The Morgan fingerprint density at radius 3 is 3.13 bits per heavy atom. The number of nitrogens with zero attached hydrogens (tertiary/aromatic N) is 1. The molecule has 3 rings (SSSR count). The van der Waals surface area contributed by atoms with E-state index in [1.54, 1.807) is 0 Å². The number of hydrogen-bond acceptors (Lipinski definition) is 2. The van der Waals surface area contributed by atoms with E-state index in [2.05, 4.69) is 11.0 Å². The van der Waals surface area contributed by atoms with E-state index >= 15 is 0 Å². The first kappa shape index (κ1) is 9.28. The second-order valence-corrected chi connectivity index (χ2v) is 5.16. The van der Waals surface area contributed by atoms with Crippen LogP contribution in [-0.2, 0) is 0 Å². The van der Waals surface area contributed by atoms with E-state index in [0.717, 1.165) is 22.8 Å². The minimum atomic E-state index is 0.234. The third-order valence-corrected chi connectivity index (χ3v) is 4.41. The average molecular weight is 219 g/mol. The second-order valence-electron chi connectivity index (χ2n) is 4.10. The van der Waals surface area contributed by atoms with Crippen LogP contribution in [0.4, 0.5) is 0 Å².